The first kappa shape index (κ1) is 36.8. The average Bonchev–Trinajstić information content (AvgIpc) is 3.80. The highest BCUT2D eigenvalue weighted by molar-refractivity contribution is 6.23. The van der Waals surface area contributed by atoms with Crippen LogP contribution in [0.2, 0.25) is 0 Å². The van der Waals surface area contributed by atoms with Gasteiger partial charge in [0.25, 0.3) is 11.8 Å². The number of amides is 5. The number of imide groups is 2. The van der Waals surface area contributed by atoms with Crippen LogP contribution in [0.5, 0.6) is 6.01 Å². The third-order valence-corrected chi connectivity index (χ3v) is 11.5. The van der Waals surface area contributed by atoms with E-state index in [4.69, 9.17) is 4.74 Å². The Hall–Kier alpha value is -6.77. The zero-order chi connectivity index (χ0) is 39.9. The van der Waals surface area contributed by atoms with Crippen LogP contribution in [0.4, 0.5) is 17.3 Å². The Bertz CT molecular complexity index is 2430. The van der Waals surface area contributed by atoms with E-state index in [0.29, 0.717) is 25.5 Å². The fraction of sp³-hybridized carbons (Fsp3) is 0.326. The molecule has 1 saturated carbocycles. The van der Waals surface area contributed by atoms with Gasteiger partial charge in [-0.2, -0.15) is 0 Å². The van der Waals surface area contributed by atoms with Crippen molar-refractivity contribution in [1.82, 2.24) is 30.2 Å². The van der Waals surface area contributed by atoms with Gasteiger partial charge >= 0.3 is 6.01 Å². The van der Waals surface area contributed by atoms with E-state index in [-0.39, 0.29) is 54.1 Å². The molecule has 1 unspecified atom stereocenters. The van der Waals surface area contributed by atoms with Crippen molar-refractivity contribution in [1.29, 1.82) is 0 Å². The lowest BCUT2D eigenvalue weighted by atomic mass is 9.89. The normalized spacial score (nSPS) is 21.9. The van der Waals surface area contributed by atoms with Gasteiger partial charge in [0, 0.05) is 79.3 Å². The Balaban J connectivity index is 0.786. The van der Waals surface area contributed by atoms with Gasteiger partial charge in [0.15, 0.2) is 0 Å². The topological polar surface area (TPSA) is 180 Å². The molecule has 5 aromatic rings. The number of carbonyl (C=O) groups excluding carboxylic acids is 5. The summed E-state index contributed by atoms with van der Waals surface area (Å²) in [7, 11) is 0. The number of piperidine rings is 1. The molecule has 4 aliphatic rings. The van der Waals surface area contributed by atoms with Gasteiger partial charge in [-0.3, -0.25) is 34.2 Å². The van der Waals surface area contributed by atoms with E-state index in [2.05, 4.69) is 35.5 Å². The molecular formula is C43H41N9O6. The van der Waals surface area contributed by atoms with Gasteiger partial charge in [-0.25, -0.2) is 19.9 Å². The number of anilines is 3. The molecule has 15 nitrogen and oxygen atoms in total. The van der Waals surface area contributed by atoms with Crippen LogP contribution in [0.15, 0.2) is 85.3 Å². The predicted molar refractivity (Wildman–Crippen MR) is 214 cm³/mol. The highest BCUT2D eigenvalue weighted by Gasteiger charge is 2.45. The number of nitrogens with zero attached hydrogens (tertiary/aromatic N) is 7. The molecule has 294 valence electrons. The van der Waals surface area contributed by atoms with Crippen molar-refractivity contribution in [3.05, 3.63) is 96.4 Å². The predicted octanol–water partition coefficient (Wildman–Crippen LogP) is 4.92. The van der Waals surface area contributed by atoms with Gasteiger partial charge in [0.1, 0.15) is 12.1 Å². The van der Waals surface area contributed by atoms with E-state index >= 15 is 0 Å². The number of benzene rings is 3. The van der Waals surface area contributed by atoms with Gasteiger partial charge in [-0.05, 0) is 74.1 Å². The van der Waals surface area contributed by atoms with Crippen molar-refractivity contribution >= 4 is 57.8 Å². The number of aromatic nitrogens is 4. The van der Waals surface area contributed by atoms with E-state index in [1.165, 1.54) is 0 Å². The molecule has 2 aromatic heterocycles. The van der Waals surface area contributed by atoms with Gasteiger partial charge in [0.05, 0.1) is 23.2 Å². The molecule has 3 fully saturated rings. The molecule has 2 saturated heterocycles. The van der Waals surface area contributed by atoms with Gasteiger partial charge < -0.3 is 19.9 Å². The van der Waals surface area contributed by atoms with Crippen LogP contribution in [-0.2, 0) is 14.4 Å². The first-order valence-corrected chi connectivity index (χ1v) is 19.7. The molecule has 2 N–H and O–H groups in total. The van der Waals surface area contributed by atoms with E-state index in [9.17, 15) is 24.0 Å². The Kier molecular flexibility index (Phi) is 9.71. The van der Waals surface area contributed by atoms with Crippen LogP contribution in [0, 0.1) is 0 Å². The van der Waals surface area contributed by atoms with Crippen molar-refractivity contribution < 1.29 is 28.7 Å². The summed E-state index contributed by atoms with van der Waals surface area (Å²) in [6.07, 6.45) is 9.47. The molecule has 0 spiro atoms. The maximum Gasteiger partial charge on any atom is 0.316 e. The zero-order valence-electron chi connectivity index (χ0n) is 31.8. The lowest BCUT2D eigenvalue weighted by Crippen LogP contribution is -2.54. The van der Waals surface area contributed by atoms with Gasteiger partial charge in [-0.15, -0.1) is 0 Å². The largest absolute Gasteiger partial charge is 0.458 e. The molecule has 0 radical (unpaired) electrons. The Morgan fingerprint density at radius 3 is 2.34 bits per heavy atom. The summed E-state index contributed by atoms with van der Waals surface area (Å²) in [5.41, 5.74) is 4.72. The van der Waals surface area contributed by atoms with Gasteiger partial charge in [-0.1, -0.05) is 30.3 Å². The highest BCUT2D eigenvalue weighted by atomic mass is 16.5. The third kappa shape index (κ3) is 7.19. The van der Waals surface area contributed by atoms with Crippen molar-refractivity contribution in [2.24, 2.45) is 0 Å². The lowest BCUT2D eigenvalue weighted by Gasteiger charge is -2.36. The molecule has 9 rings (SSSR count). The van der Waals surface area contributed by atoms with Crippen LogP contribution < -0.4 is 25.2 Å². The smallest absolute Gasteiger partial charge is 0.316 e. The summed E-state index contributed by atoms with van der Waals surface area (Å²) in [4.78, 5) is 86.5. The number of nitrogens with one attached hydrogen (secondary N) is 2. The summed E-state index contributed by atoms with van der Waals surface area (Å²) < 4.78 is 6.15. The quantitative estimate of drug-likeness (QED) is 0.193. The second kappa shape index (κ2) is 15.3. The zero-order valence-corrected chi connectivity index (χ0v) is 31.8. The average molecular weight is 780 g/mol. The minimum Gasteiger partial charge on any atom is -0.458 e. The van der Waals surface area contributed by atoms with Crippen molar-refractivity contribution in [3.8, 4) is 17.1 Å². The molecule has 3 aliphatic heterocycles. The van der Waals surface area contributed by atoms with E-state index < -0.39 is 29.7 Å². The molecule has 58 heavy (non-hydrogen) atoms. The molecule has 1 aliphatic carbocycles. The molecule has 15 heteroatoms. The number of carbonyl (C=O) groups is 5. The molecule has 5 heterocycles. The van der Waals surface area contributed by atoms with Crippen molar-refractivity contribution in [2.75, 3.05) is 28.2 Å². The molecule has 0 bridgehead atoms. The summed E-state index contributed by atoms with van der Waals surface area (Å²) in [5, 5.41) is 6.72. The Morgan fingerprint density at radius 2 is 1.59 bits per heavy atom. The maximum atomic E-state index is 13.3. The molecule has 5 amide bonds. The van der Waals surface area contributed by atoms with Crippen LogP contribution in [0.25, 0.3) is 22.0 Å². The van der Waals surface area contributed by atoms with Crippen LogP contribution in [0.1, 0.15) is 72.6 Å². The second-order valence-electron chi connectivity index (χ2n) is 15.2. The number of hydrogen-bond donors (Lipinski definition) is 2. The van der Waals surface area contributed by atoms with Crippen LogP contribution in [-0.4, -0.2) is 91.7 Å². The Morgan fingerprint density at radius 1 is 0.828 bits per heavy atom. The maximum absolute atomic E-state index is 13.3. The number of fused-ring (bicyclic) bond motifs is 2. The second-order valence-corrected chi connectivity index (χ2v) is 15.2. The van der Waals surface area contributed by atoms with E-state index in [0.717, 1.165) is 64.0 Å². The number of ether oxygens (including phenoxy) is 1. The SMILES string of the molecule is CC(=O)N(c1ccc(-c2cnc(O[C@H]3CCN(c4ccc5c(c4)C(=O)N(C4CCC(=O)NC4=O)C5=O)C3)nc2)cc1)C1CCC(Nc2ncc3ccccc3n2)CC1. The van der Waals surface area contributed by atoms with Gasteiger partial charge in [0.2, 0.25) is 23.7 Å². The molecular weight excluding hydrogens is 739 g/mol. The third-order valence-electron chi connectivity index (χ3n) is 11.5. The summed E-state index contributed by atoms with van der Waals surface area (Å²) in [5.74, 6) is -1.48. The van der Waals surface area contributed by atoms with E-state index in [1.807, 2.05) is 59.6 Å². The van der Waals surface area contributed by atoms with Crippen LogP contribution in [0.3, 0.4) is 0 Å². The first-order chi connectivity index (χ1) is 28.2. The van der Waals surface area contributed by atoms with Crippen molar-refractivity contribution in [2.45, 2.75) is 76.1 Å². The minimum atomic E-state index is -1.01. The van der Waals surface area contributed by atoms with Crippen molar-refractivity contribution in [3.63, 3.8) is 0 Å². The summed E-state index contributed by atoms with van der Waals surface area (Å²) >= 11 is 0. The number of para-hydroxylation sites is 1. The fourth-order valence-corrected chi connectivity index (χ4v) is 8.56. The Labute approximate surface area is 333 Å². The molecule has 3 aromatic carbocycles. The number of hydrogen-bond acceptors (Lipinski definition) is 12. The first-order valence-electron chi connectivity index (χ1n) is 19.7. The number of rotatable bonds is 9. The fourth-order valence-electron chi connectivity index (χ4n) is 8.56. The van der Waals surface area contributed by atoms with Crippen LogP contribution >= 0.6 is 0 Å². The highest BCUT2D eigenvalue weighted by Crippen LogP contribution is 2.34. The monoisotopic (exact) mass is 779 g/mol. The standard InChI is InChI=1S/C43H41N9O6/c1-25(53)51(31-12-8-29(9-13-31)47-42-44-21-27-4-2-3-5-36(27)48-42)30-10-6-26(7-11-30)28-22-45-43(46-23-28)58-33-18-19-50(24-33)32-14-15-34-35(20-32)41(57)52(40(34)56)37-16-17-38(54)49-39(37)55/h2-7,10-11,14-15,20-23,29,31,33,37H,8-9,12-13,16-19,24H2,1H3,(H,44,47,48)(H,49,54,55)/t29?,31?,33-,37?/m0/s1. The summed E-state index contributed by atoms with van der Waals surface area (Å²) in [6.45, 7) is 2.79. The lowest BCUT2D eigenvalue weighted by molar-refractivity contribution is -0.136. The van der Waals surface area contributed by atoms with E-state index in [1.54, 1.807) is 37.5 Å². The molecule has 2 atom stereocenters. The summed E-state index contributed by atoms with van der Waals surface area (Å²) in [6, 6.07) is 20.5. The minimum absolute atomic E-state index is 0.00789.